The van der Waals surface area contributed by atoms with E-state index in [1.165, 1.54) is 4.80 Å². The normalized spacial score (nSPS) is 11.3. The predicted octanol–water partition coefficient (Wildman–Crippen LogP) is 5.47. The quantitative estimate of drug-likeness (QED) is 0.203. The number of hydrogen-bond donors (Lipinski definition) is 0. The third-order valence-corrected chi connectivity index (χ3v) is 7.04. The molecule has 0 bridgehead atoms. The number of nitrogens with zero attached hydrogens (tertiary/aromatic N) is 6. The molecule has 0 N–H and O–H groups in total. The van der Waals surface area contributed by atoms with E-state index < -0.39 is 0 Å². The zero-order chi connectivity index (χ0) is 28.2. The van der Waals surface area contributed by atoms with Crippen molar-refractivity contribution in [2.75, 3.05) is 13.0 Å². The Morgan fingerprint density at radius 2 is 1.80 bits per heavy atom. The van der Waals surface area contributed by atoms with Gasteiger partial charge in [0.25, 0.3) is 5.56 Å². The molecule has 0 spiro atoms. The molecule has 0 unspecified atom stereocenters. The number of benzene rings is 3. The highest BCUT2D eigenvalue weighted by Crippen LogP contribution is 2.24. The summed E-state index contributed by atoms with van der Waals surface area (Å²) in [5.41, 5.74) is 3.69. The largest absolute Gasteiger partial charge is 0.497 e. The highest BCUT2D eigenvalue weighted by molar-refractivity contribution is 6.17. The Kier molecular flexibility index (Phi) is 7.60. The minimum atomic E-state index is -0.190. The van der Waals surface area contributed by atoms with Gasteiger partial charge in [-0.15, -0.1) is 21.8 Å². The van der Waals surface area contributed by atoms with Crippen molar-refractivity contribution in [3.63, 3.8) is 0 Å². The third kappa shape index (κ3) is 5.76. The van der Waals surface area contributed by atoms with Crippen LogP contribution in [-0.4, -0.2) is 42.7 Å². The van der Waals surface area contributed by atoms with E-state index in [4.69, 9.17) is 21.1 Å². The lowest BCUT2D eigenvalue weighted by atomic mass is 10.1. The van der Waals surface area contributed by atoms with E-state index in [1.54, 1.807) is 17.7 Å². The van der Waals surface area contributed by atoms with Gasteiger partial charge >= 0.3 is 0 Å². The van der Waals surface area contributed by atoms with Crippen molar-refractivity contribution in [2.45, 2.75) is 26.1 Å². The first-order chi connectivity index (χ1) is 20.1. The molecular formula is C31H27ClN6O3. The molecule has 0 saturated carbocycles. The smallest absolute Gasteiger partial charge is 0.262 e. The molecule has 3 aromatic carbocycles. The fraction of sp³-hybridized carbons (Fsp3) is 0.194. The summed E-state index contributed by atoms with van der Waals surface area (Å²) in [6.45, 7) is 1.19. The van der Waals surface area contributed by atoms with E-state index in [0.29, 0.717) is 49.1 Å². The van der Waals surface area contributed by atoms with Crippen LogP contribution in [0.3, 0.4) is 0 Å². The molecule has 0 aliphatic heterocycles. The molecule has 0 fully saturated rings. The van der Waals surface area contributed by atoms with Gasteiger partial charge in [-0.25, -0.2) is 4.98 Å². The van der Waals surface area contributed by atoms with Crippen molar-refractivity contribution in [1.29, 1.82) is 0 Å². The van der Waals surface area contributed by atoms with E-state index in [2.05, 4.69) is 20.4 Å². The van der Waals surface area contributed by atoms with E-state index in [1.807, 2.05) is 78.9 Å². The predicted molar refractivity (Wildman–Crippen MR) is 159 cm³/mol. The summed E-state index contributed by atoms with van der Waals surface area (Å²) in [5, 5.41) is 14.9. The number of alkyl halides is 1. The average Bonchev–Trinajstić information content (AvgIpc) is 3.47. The SMILES string of the molecule is COc1ccc2c(c1)cc(-c1nnn(Cc3cccc(OCc4ccc5ccccc5n4)c3)n1)c(=O)n2CCCCl. The Bertz CT molecular complexity index is 1900. The number of pyridine rings is 2. The van der Waals surface area contributed by atoms with Crippen molar-refractivity contribution < 1.29 is 9.47 Å². The number of tetrazole rings is 1. The number of ether oxygens (including phenoxy) is 2. The molecule has 0 amide bonds. The molecule has 0 radical (unpaired) electrons. The fourth-order valence-corrected chi connectivity index (χ4v) is 4.87. The maximum atomic E-state index is 13.5. The lowest BCUT2D eigenvalue weighted by Gasteiger charge is -2.12. The first kappa shape index (κ1) is 26.5. The van der Waals surface area contributed by atoms with E-state index >= 15 is 0 Å². The first-order valence-corrected chi connectivity index (χ1v) is 13.8. The lowest BCUT2D eigenvalue weighted by molar-refractivity contribution is 0.301. The van der Waals surface area contributed by atoms with Gasteiger partial charge in [0, 0.05) is 23.2 Å². The number of fused-ring (bicyclic) bond motifs is 2. The summed E-state index contributed by atoms with van der Waals surface area (Å²) >= 11 is 5.94. The molecule has 0 aliphatic carbocycles. The van der Waals surface area contributed by atoms with Gasteiger partial charge in [-0.05, 0) is 65.7 Å². The van der Waals surface area contributed by atoms with Crippen LogP contribution in [0.25, 0.3) is 33.2 Å². The van der Waals surface area contributed by atoms with Gasteiger partial charge in [0.15, 0.2) is 0 Å². The van der Waals surface area contributed by atoms with Crippen LogP contribution in [0, 0.1) is 0 Å². The molecule has 3 heterocycles. The summed E-state index contributed by atoms with van der Waals surface area (Å²) in [4.78, 5) is 19.6. The third-order valence-electron chi connectivity index (χ3n) is 6.78. The second-order valence-corrected chi connectivity index (χ2v) is 9.93. The van der Waals surface area contributed by atoms with Crippen LogP contribution >= 0.6 is 11.6 Å². The minimum Gasteiger partial charge on any atom is -0.497 e. The van der Waals surface area contributed by atoms with Crippen molar-refractivity contribution in [3.8, 4) is 22.9 Å². The van der Waals surface area contributed by atoms with Crippen molar-refractivity contribution in [1.82, 2.24) is 29.8 Å². The van der Waals surface area contributed by atoms with Gasteiger partial charge in [-0.3, -0.25) is 4.79 Å². The van der Waals surface area contributed by atoms with Crippen molar-refractivity contribution >= 4 is 33.4 Å². The van der Waals surface area contributed by atoms with Crippen LogP contribution in [0.15, 0.2) is 89.7 Å². The van der Waals surface area contributed by atoms with Crippen LogP contribution in [0.2, 0.25) is 0 Å². The summed E-state index contributed by atoms with van der Waals surface area (Å²) in [7, 11) is 1.61. The molecular weight excluding hydrogens is 540 g/mol. The summed E-state index contributed by atoms with van der Waals surface area (Å²) in [5.74, 6) is 2.11. The van der Waals surface area contributed by atoms with Crippen LogP contribution < -0.4 is 15.0 Å². The molecule has 0 aliphatic rings. The molecule has 206 valence electrons. The topological polar surface area (TPSA) is 97.0 Å². The second kappa shape index (κ2) is 11.8. The highest BCUT2D eigenvalue weighted by Gasteiger charge is 2.16. The molecule has 0 atom stereocenters. The first-order valence-electron chi connectivity index (χ1n) is 13.2. The maximum absolute atomic E-state index is 13.5. The fourth-order valence-electron chi connectivity index (χ4n) is 4.75. The van der Waals surface area contributed by atoms with Crippen LogP contribution in [0.5, 0.6) is 11.5 Å². The molecule has 6 aromatic rings. The Morgan fingerprint density at radius 1 is 0.902 bits per heavy atom. The number of hydrogen-bond acceptors (Lipinski definition) is 7. The number of halogens is 1. The number of rotatable bonds is 10. The molecule has 3 aromatic heterocycles. The standard InChI is InChI=1S/C31H27ClN6O3/c1-40-25-12-13-29-23(17-25)18-27(31(39)37(29)15-5-14-32)30-34-36-38(35-30)19-21-6-4-8-26(16-21)41-20-24-11-10-22-7-2-3-9-28(22)33-24/h2-4,6-13,16-18H,5,14-15,19-20H2,1H3. The summed E-state index contributed by atoms with van der Waals surface area (Å²) in [6.07, 6.45) is 0.654. The van der Waals surface area contributed by atoms with Crippen LogP contribution in [0.4, 0.5) is 0 Å². The van der Waals surface area contributed by atoms with Gasteiger partial charge in [-0.2, -0.15) is 4.80 Å². The monoisotopic (exact) mass is 566 g/mol. The Hall–Kier alpha value is -4.76. The molecule has 10 heteroatoms. The van der Waals surface area contributed by atoms with Crippen LogP contribution in [-0.2, 0) is 19.7 Å². The average molecular weight is 567 g/mol. The zero-order valence-corrected chi connectivity index (χ0v) is 23.2. The van der Waals surface area contributed by atoms with E-state index in [-0.39, 0.29) is 11.4 Å². The van der Waals surface area contributed by atoms with Crippen molar-refractivity contribution in [3.05, 3.63) is 107 Å². The Morgan fingerprint density at radius 3 is 2.68 bits per heavy atom. The Balaban J connectivity index is 1.22. The van der Waals surface area contributed by atoms with Gasteiger partial charge in [0.1, 0.15) is 18.1 Å². The maximum Gasteiger partial charge on any atom is 0.262 e. The molecule has 41 heavy (non-hydrogen) atoms. The number of aryl methyl sites for hydroxylation is 1. The Labute approximate surface area is 240 Å². The number of methoxy groups -OCH3 is 1. The zero-order valence-electron chi connectivity index (χ0n) is 22.4. The lowest BCUT2D eigenvalue weighted by Crippen LogP contribution is -2.23. The molecule has 6 rings (SSSR count). The molecule has 0 saturated heterocycles. The van der Waals surface area contributed by atoms with E-state index in [9.17, 15) is 4.79 Å². The second-order valence-electron chi connectivity index (χ2n) is 9.56. The highest BCUT2D eigenvalue weighted by atomic mass is 35.5. The van der Waals surface area contributed by atoms with Gasteiger partial charge < -0.3 is 14.0 Å². The number of para-hydroxylation sites is 1. The van der Waals surface area contributed by atoms with Gasteiger partial charge in [-0.1, -0.05) is 36.4 Å². The summed E-state index contributed by atoms with van der Waals surface area (Å²) in [6, 6.07) is 27.1. The molecule has 9 nitrogen and oxygen atoms in total. The van der Waals surface area contributed by atoms with Gasteiger partial charge in [0.05, 0.1) is 35.9 Å². The van der Waals surface area contributed by atoms with Crippen LogP contribution in [0.1, 0.15) is 17.7 Å². The minimum absolute atomic E-state index is 0.190. The summed E-state index contributed by atoms with van der Waals surface area (Å²) < 4.78 is 13.1. The van der Waals surface area contributed by atoms with Gasteiger partial charge in [0.2, 0.25) is 5.82 Å². The van der Waals surface area contributed by atoms with Crippen molar-refractivity contribution in [2.24, 2.45) is 0 Å². The number of aromatic nitrogens is 6. The van der Waals surface area contributed by atoms with E-state index in [0.717, 1.165) is 33.1 Å².